The minimum atomic E-state index is -0.261. The van der Waals surface area contributed by atoms with Crippen LogP contribution in [0.5, 0.6) is 34.5 Å². The molecule has 0 radical (unpaired) electrons. The third-order valence-electron chi connectivity index (χ3n) is 4.76. The van der Waals surface area contributed by atoms with Crippen LogP contribution in [-0.2, 0) is 12.8 Å². The van der Waals surface area contributed by atoms with Gasteiger partial charge in [0.05, 0.1) is 14.2 Å². The minimum Gasteiger partial charge on any atom is -0.504 e. The number of rotatable bonds is 7. The molecule has 6 heteroatoms. The second kappa shape index (κ2) is 8.08. The summed E-state index contributed by atoms with van der Waals surface area (Å²) in [5.41, 5.74) is 1.73. The summed E-state index contributed by atoms with van der Waals surface area (Å²) in [6.45, 7) is 4.19. The smallest absolute Gasteiger partial charge is 0.200 e. The Hall–Kier alpha value is -2.76. The van der Waals surface area contributed by atoms with Crippen molar-refractivity contribution in [2.45, 2.75) is 26.7 Å². The van der Waals surface area contributed by atoms with Gasteiger partial charge in [-0.25, -0.2) is 0 Å². The zero-order valence-corrected chi connectivity index (χ0v) is 15.5. The Morgan fingerprint density at radius 1 is 0.692 bits per heavy atom. The molecule has 26 heavy (non-hydrogen) atoms. The highest BCUT2D eigenvalue weighted by Crippen LogP contribution is 2.39. The predicted octanol–water partition coefficient (Wildman–Crippen LogP) is 3.58. The molecule has 0 aliphatic heterocycles. The van der Waals surface area contributed by atoms with Crippen LogP contribution in [0.15, 0.2) is 24.3 Å². The second-order valence-electron chi connectivity index (χ2n) is 6.69. The fraction of sp³-hybridized carbons (Fsp3) is 0.400. The van der Waals surface area contributed by atoms with E-state index in [0.717, 1.165) is 11.1 Å². The minimum absolute atomic E-state index is 0.201. The van der Waals surface area contributed by atoms with Crippen molar-refractivity contribution in [2.75, 3.05) is 14.2 Å². The Morgan fingerprint density at radius 2 is 1.04 bits per heavy atom. The van der Waals surface area contributed by atoms with Gasteiger partial charge in [0.25, 0.3) is 0 Å². The first-order valence-corrected chi connectivity index (χ1v) is 8.44. The maximum absolute atomic E-state index is 9.82. The van der Waals surface area contributed by atoms with Crippen LogP contribution < -0.4 is 9.47 Å². The molecule has 0 saturated carbocycles. The molecule has 0 unspecified atom stereocenters. The Balaban J connectivity index is 2.12. The standard InChI is InChI=1S/C20H26O6/c1-11(5-13-7-15(21)19(23)17(9-13)25-3)12(2)6-14-8-16(22)20(24)18(10-14)26-4/h7-12,21-24H,5-6H2,1-4H3/t11-,12-/m1/s1. The maximum Gasteiger partial charge on any atom is 0.200 e. The average Bonchev–Trinajstić information content (AvgIpc) is 2.60. The number of phenolic OH excluding ortho intramolecular Hbond substituents is 4. The van der Waals surface area contributed by atoms with Gasteiger partial charge in [0.1, 0.15) is 0 Å². The van der Waals surface area contributed by atoms with Crippen LogP contribution in [0, 0.1) is 11.8 Å². The van der Waals surface area contributed by atoms with Gasteiger partial charge in [0.15, 0.2) is 23.0 Å². The lowest BCUT2D eigenvalue weighted by atomic mass is 9.85. The third kappa shape index (κ3) is 4.25. The molecule has 6 nitrogen and oxygen atoms in total. The molecule has 2 aromatic carbocycles. The van der Waals surface area contributed by atoms with Gasteiger partial charge in [-0.3, -0.25) is 0 Å². The summed E-state index contributed by atoms with van der Waals surface area (Å²) in [6.07, 6.45) is 1.37. The van der Waals surface area contributed by atoms with E-state index >= 15 is 0 Å². The van der Waals surface area contributed by atoms with E-state index in [0.29, 0.717) is 12.8 Å². The first kappa shape index (κ1) is 19.6. The average molecular weight is 362 g/mol. The van der Waals surface area contributed by atoms with Crippen molar-refractivity contribution in [1.29, 1.82) is 0 Å². The van der Waals surface area contributed by atoms with E-state index in [1.54, 1.807) is 12.1 Å². The van der Waals surface area contributed by atoms with E-state index in [4.69, 9.17) is 9.47 Å². The van der Waals surface area contributed by atoms with Gasteiger partial charge >= 0.3 is 0 Å². The zero-order valence-electron chi connectivity index (χ0n) is 15.5. The molecule has 0 amide bonds. The zero-order chi connectivity index (χ0) is 19.4. The van der Waals surface area contributed by atoms with Gasteiger partial charge in [-0.15, -0.1) is 0 Å². The first-order valence-electron chi connectivity index (χ1n) is 8.44. The molecular weight excluding hydrogens is 336 g/mol. The SMILES string of the molecule is COc1cc(C[C@@H](C)[C@H](C)Cc2cc(O)c(O)c(OC)c2)cc(O)c1O. The Kier molecular flexibility index (Phi) is 6.08. The molecule has 0 fully saturated rings. The van der Waals surface area contributed by atoms with Gasteiger partial charge in [-0.05, 0) is 60.1 Å². The summed E-state index contributed by atoms with van der Waals surface area (Å²) in [5.74, 6) is 0.0734. The predicted molar refractivity (Wildman–Crippen MR) is 98.4 cm³/mol. The van der Waals surface area contributed by atoms with Crippen LogP contribution in [-0.4, -0.2) is 34.6 Å². The van der Waals surface area contributed by atoms with Crippen LogP contribution in [0.4, 0.5) is 0 Å². The van der Waals surface area contributed by atoms with Crippen molar-refractivity contribution >= 4 is 0 Å². The molecule has 0 saturated heterocycles. The second-order valence-corrected chi connectivity index (χ2v) is 6.69. The highest BCUT2D eigenvalue weighted by molar-refractivity contribution is 5.53. The molecule has 0 heterocycles. The van der Waals surface area contributed by atoms with Crippen molar-refractivity contribution < 1.29 is 29.9 Å². The summed E-state index contributed by atoms with van der Waals surface area (Å²) in [7, 11) is 2.88. The fourth-order valence-corrected chi connectivity index (χ4v) is 2.99. The molecule has 2 rings (SSSR count). The van der Waals surface area contributed by atoms with Crippen molar-refractivity contribution in [2.24, 2.45) is 11.8 Å². The normalized spacial score (nSPS) is 13.2. The molecule has 0 aliphatic carbocycles. The van der Waals surface area contributed by atoms with Crippen molar-refractivity contribution in [3.8, 4) is 34.5 Å². The number of ether oxygens (including phenoxy) is 2. The highest BCUT2D eigenvalue weighted by Gasteiger charge is 2.18. The van der Waals surface area contributed by atoms with Crippen LogP contribution in [0.3, 0.4) is 0 Å². The summed E-state index contributed by atoms with van der Waals surface area (Å²) in [6, 6.07) is 6.51. The molecule has 0 bridgehead atoms. The topological polar surface area (TPSA) is 99.4 Å². The summed E-state index contributed by atoms with van der Waals surface area (Å²) in [5, 5.41) is 39.1. The lowest BCUT2D eigenvalue weighted by Crippen LogP contribution is -2.14. The van der Waals surface area contributed by atoms with Gasteiger partial charge in [0.2, 0.25) is 11.5 Å². The van der Waals surface area contributed by atoms with Crippen molar-refractivity contribution in [3.05, 3.63) is 35.4 Å². The number of methoxy groups -OCH3 is 2. The quantitative estimate of drug-likeness (QED) is 0.562. The van der Waals surface area contributed by atoms with Crippen LogP contribution in [0.2, 0.25) is 0 Å². The van der Waals surface area contributed by atoms with Gasteiger partial charge in [-0.2, -0.15) is 0 Å². The lowest BCUT2D eigenvalue weighted by Gasteiger charge is -2.21. The van der Waals surface area contributed by atoms with E-state index < -0.39 is 0 Å². The van der Waals surface area contributed by atoms with Gasteiger partial charge < -0.3 is 29.9 Å². The third-order valence-corrected chi connectivity index (χ3v) is 4.76. The number of benzene rings is 2. The maximum atomic E-state index is 9.82. The van der Waals surface area contributed by atoms with E-state index in [9.17, 15) is 20.4 Å². The van der Waals surface area contributed by atoms with Crippen LogP contribution >= 0.6 is 0 Å². The van der Waals surface area contributed by atoms with Crippen molar-refractivity contribution in [3.63, 3.8) is 0 Å². The molecular formula is C20H26O6. The number of hydrogen-bond donors (Lipinski definition) is 4. The monoisotopic (exact) mass is 362 g/mol. The number of phenols is 4. The molecule has 4 N–H and O–H groups in total. The van der Waals surface area contributed by atoms with E-state index in [1.165, 1.54) is 26.4 Å². The summed E-state index contributed by atoms with van der Waals surface area (Å²) < 4.78 is 10.2. The molecule has 142 valence electrons. The van der Waals surface area contributed by atoms with Crippen molar-refractivity contribution in [1.82, 2.24) is 0 Å². The molecule has 0 aliphatic rings. The molecule has 0 aromatic heterocycles. The Morgan fingerprint density at radius 3 is 1.35 bits per heavy atom. The summed E-state index contributed by atoms with van der Waals surface area (Å²) in [4.78, 5) is 0. The van der Waals surface area contributed by atoms with E-state index in [-0.39, 0.29) is 46.3 Å². The summed E-state index contributed by atoms with van der Waals surface area (Å²) >= 11 is 0. The first-order chi connectivity index (χ1) is 12.3. The Labute approximate surface area is 153 Å². The number of hydrogen-bond acceptors (Lipinski definition) is 6. The van der Waals surface area contributed by atoms with Gasteiger partial charge in [-0.1, -0.05) is 13.8 Å². The van der Waals surface area contributed by atoms with E-state index in [2.05, 4.69) is 13.8 Å². The van der Waals surface area contributed by atoms with Crippen LogP contribution in [0.1, 0.15) is 25.0 Å². The largest absolute Gasteiger partial charge is 0.504 e. The Bertz CT molecular complexity index is 706. The lowest BCUT2D eigenvalue weighted by molar-refractivity contribution is 0.344. The van der Waals surface area contributed by atoms with E-state index in [1.807, 2.05) is 0 Å². The molecule has 0 spiro atoms. The van der Waals surface area contributed by atoms with Gasteiger partial charge in [0, 0.05) is 0 Å². The number of aromatic hydroxyl groups is 4. The molecule has 2 atom stereocenters. The highest BCUT2D eigenvalue weighted by atomic mass is 16.5. The fourth-order valence-electron chi connectivity index (χ4n) is 2.99. The van der Waals surface area contributed by atoms with Crippen LogP contribution in [0.25, 0.3) is 0 Å². The molecule has 2 aromatic rings.